The standard InChI is InChI=1S/C26H34N2O5S/c1-6-21-23(31-15-17-7-11-19(29-4)12-8-17)24(22-25(33-21)34-26(27-22)28(2)3)32-16-18-9-13-20(30-5)14-10-18/h7-14,21-25H,6,15-16H2,1-5H3/t21-,22-,23-,24-,25?/m1/s1. The van der Waals surface area contributed by atoms with Gasteiger partial charge in [-0.2, -0.15) is 0 Å². The van der Waals surface area contributed by atoms with Crippen LogP contribution in [0.2, 0.25) is 0 Å². The van der Waals surface area contributed by atoms with E-state index in [2.05, 4.69) is 6.92 Å². The number of aliphatic imine (C=N–C) groups is 1. The van der Waals surface area contributed by atoms with E-state index in [1.54, 1.807) is 26.0 Å². The molecule has 0 bridgehead atoms. The van der Waals surface area contributed by atoms with Gasteiger partial charge in [0.25, 0.3) is 0 Å². The molecule has 2 aliphatic heterocycles. The largest absolute Gasteiger partial charge is 0.497 e. The van der Waals surface area contributed by atoms with Gasteiger partial charge >= 0.3 is 0 Å². The fourth-order valence-corrected chi connectivity index (χ4v) is 5.31. The number of methoxy groups -OCH3 is 2. The molecular weight excluding hydrogens is 452 g/mol. The molecule has 2 heterocycles. The fraction of sp³-hybridized carbons (Fsp3) is 0.500. The van der Waals surface area contributed by atoms with Gasteiger partial charge in [-0.25, -0.2) is 0 Å². The van der Waals surface area contributed by atoms with Crippen molar-refractivity contribution in [3.05, 3.63) is 59.7 Å². The molecule has 1 fully saturated rings. The van der Waals surface area contributed by atoms with Crippen molar-refractivity contribution in [1.82, 2.24) is 4.90 Å². The van der Waals surface area contributed by atoms with Crippen LogP contribution in [-0.2, 0) is 27.4 Å². The van der Waals surface area contributed by atoms with Gasteiger partial charge in [-0.3, -0.25) is 4.99 Å². The van der Waals surface area contributed by atoms with Crippen LogP contribution in [-0.4, -0.2) is 68.2 Å². The molecular formula is C26H34N2O5S. The van der Waals surface area contributed by atoms with E-state index < -0.39 is 0 Å². The molecule has 4 rings (SSSR count). The Morgan fingerprint density at radius 2 is 1.38 bits per heavy atom. The summed E-state index contributed by atoms with van der Waals surface area (Å²) < 4.78 is 30.1. The molecule has 8 heteroatoms. The summed E-state index contributed by atoms with van der Waals surface area (Å²) in [5.74, 6) is 1.65. The first kappa shape index (κ1) is 24.9. The summed E-state index contributed by atoms with van der Waals surface area (Å²) >= 11 is 1.66. The lowest BCUT2D eigenvalue weighted by Gasteiger charge is -2.42. The molecule has 5 atom stereocenters. The van der Waals surface area contributed by atoms with Crippen molar-refractivity contribution in [2.45, 2.75) is 56.3 Å². The van der Waals surface area contributed by atoms with E-state index in [0.29, 0.717) is 13.2 Å². The van der Waals surface area contributed by atoms with Gasteiger partial charge in [-0.15, -0.1) is 0 Å². The summed E-state index contributed by atoms with van der Waals surface area (Å²) in [6.07, 6.45) is 0.285. The second-order valence-electron chi connectivity index (χ2n) is 8.61. The van der Waals surface area contributed by atoms with E-state index in [4.69, 9.17) is 28.7 Å². The minimum Gasteiger partial charge on any atom is -0.497 e. The molecule has 1 unspecified atom stereocenters. The maximum Gasteiger partial charge on any atom is 0.161 e. The third-order valence-electron chi connectivity index (χ3n) is 6.08. The smallest absolute Gasteiger partial charge is 0.161 e. The molecule has 0 radical (unpaired) electrons. The monoisotopic (exact) mass is 486 g/mol. The maximum atomic E-state index is 6.55. The third kappa shape index (κ3) is 5.68. The van der Waals surface area contributed by atoms with Crippen molar-refractivity contribution in [3.63, 3.8) is 0 Å². The quantitative estimate of drug-likeness (QED) is 0.522. The highest BCUT2D eigenvalue weighted by atomic mass is 32.2. The lowest BCUT2D eigenvalue weighted by Crippen LogP contribution is -2.56. The Bertz CT molecular complexity index is 951. The molecule has 2 aliphatic rings. The summed E-state index contributed by atoms with van der Waals surface area (Å²) in [5.41, 5.74) is 2.07. The van der Waals surface area contributed by atoms with E-state index >= 15 is 0 Å². The van der Waals surface area contributed by atoms with Crippen molar-refractivity contribution in [1.29, 1.82) is 0 Å². The van der Waals surface area contributed by atoms with Crippen molar-refractivity contribution in [2.75, 3.05) is 28.3 Å². The molecule has 0 amide bonds. The highest BCUT2D eigenvalue weighted by Gasteiger charge is 2.50. The van der Waals surface area contributed by atoms with Crippen LogP contribution in [0.5, 0.6) is 11.5 Å². The van der Waals surface area contributed by atoms with Crippen LogP contribution < -0.4 is 9.47 Å². The molecule has 0 N–H and O–H groups in total. The van der Waals surface area contributed by atoms with Crippen molar-refractivity contribution in [3.8, 4) is 11.5 Å². The van der Waals surface area contributed by atoms with Gasteiger partial charge in [-0.1, -0.05) is 43.0 Å². The van der Waals surface area contributed by atoms with E-state index in [-0.39, 0.29) is 29.8 Å². The summed E-state index contributed by atoms with van der Waals surface area (Å²) in [5, 5.41) is 0.957. The summed E-state index contributed by atoms with van der Waals surface area (Å²) in [4.78, 5) is 7.00. The van der Waals surface area contributed by atoms with Gasteiger partial charge in [0.1, 0.15) is 35.2 Å². The maximum absolute atomic E-state index is 6.55. The number of fused-ring (bicyclic) bond motifs is 1. The number of rotatable bonds is 9. The minimum atomic E-state index is -0.238. The molecule has 0 saturated carbocycles. The van der Waals surface area contributed by atoms with Gasteiger partial charge in [0.15, 0.2) is 5.17 Å². The van der Waals surface area contributed by atoms with Crippen molar-refractivity contribution >= 4 is 16.9 Å². The van der Waals surface area contributed by atoms with E-state index in [1.807, 2.05) is 67.5 Å². The Balaban J connectivity index is 1.53. The number of thioether (sulfide) groups is 1. The van der Waals surface area contributed by atoms with E-state index in [1.165, 1.54) is 0 Å². The van der Waals surface area contributed by atoms with Crippen LogP contribution in [0.1, 0.15) is 24.5 Å². The number of hydrogen-bond donors (Lipinski definition) is 0. The van der Waals surface area contributed by atoms with E-state index in [0.717, 1.165) is 34.2 Å². The van der Waals surface area contributed by atoms with Gasteiger partial charge < -0.3 is 28.6 Å². The zero-order valence-electron chi connectivity index (χ0n) is 20.5. The Labute approximate surface area is 206 Å². The van der Waals surface area contributed by atoms with Crippen molar-refractivity contribution in [2.24, 2.45) is 4.99 Å². The third-order valence-corrected chi connectivity index (χ3v) is 7.39. The van der Waals surface area contributed by atoms with Crippen molar-refractivity contribution < 1.29 is 23.7 Å². The summed E-state index contributed by atoms with van der Waals surface area (Å²) in [7, 11) is 7.35. The summed E-state index contributed by atoms with van der Waals surface area (Å²) in [6.45, 7) is 3.06. The second-order valence-corrected chi connectivity index (χ2v) is 9.68. The lowest BCUT2D eigenvalue weighted by molar-refractivity contribution is -0.197. The Morgan fingerprint density at radius 1 is 0.853 bits per heavy atom. The highest BCUT2D eigenvalue weighted by Crippen LogP contribution is 2.40. The molecule has 2 aromatic rings. The van der Waals surface area contributed by atoms with Crippen LogP contribution in [0, 0.1) is 0 Å². The van der Waals surface area contributed by atoms with Gasteiger partial charge in [-0.05, 0) is 41.8 Å². The molecule has 7 nitrogen and oxygen atoms in total. The Hall–Kier alpha value is -2.26. The first-order valence-corrected chi connectivity index (χ1v) is 12.5. The highest BCUT2D eigenvalue weighted by molar-refractivity contribution is 8.14. The van der Waals surface area contributed by atoms with Gasteiger partial charge in [0.2, 0.25) is 0 Å². The van der Waals surface area contributed by atoms with Crippen LogP contribution in [0.3, 0.4) is 0 Å². The first-order valence-electron chi connectivity index (χ1n) is 11.6. The molecule has 0 aliphatic carbocycles. The lowest BCUT2D eigenvalue weighted by atomic mass is 9.96. The molecule has 0 aromatic heterocycles. The Morgan fingerprint density at radius 3 is 1.85 bits per heavy atom. The van der Waals surface area contributed by atoms with Gasteiger partial charge in [0.05, 0.1) is 33.5 Å². The number of ether oxygens (including phenoxy) is 5. The SMILES string of the molecule is CC[C@H]1OC2SC(N(C)C)=N[C@@H]2[C@@H](OCc2ccc(OC)cc2)[C@@H]1OCc1ccc(OC)cc1. The predicted octanol–water partition coefficient (Wildman–Crippen LogP) is 4.34. The number of hydrogen-bond acceptors (Lipinski definition) is 8. The average Bonchev–Trinajstić information content (AvgIpc) is 3.31. The topological polar surface area (TPSA) is 61.8 Å². The second kappa shape index (κ2) is 11.4. The van der Waals surface area contributed by atoms with Crippen LogP contribution in [0.15, 0.2) is 53.5 Å². The van der Waals surface area contributed by atoms with Crippen LogP contribution in [0.4, 0.5) is 0 Å². The van der Waals surface area contributed by atoms with Crippen LogP contribution >= 0.6 is 11.8 Å². The Kier molecular flexibility index (Phi) is 8.37. The zero-order chi connectivity index (χ0) is 24.1. The molecule has 1 saturated heterocycles. The predicted molar refractivity (Wildman–Crippen MR) is 135 cm³/mol. The van der Waals surface area contributed by atoms with Gasteiger partial charge in [0, 0.05) is 14.1 Å². The number of amidine groups is 1. The molecule has 34 heavy (non-hydrogen) atoms. The number of benzene rings is 2. The zero-order valence-corrected chi connectivity index (χ0v) is 21.3. The first-order chi connectivity index (χ1) is 16.5. The molecule has 184 valence electrons. The van der Waals surface area contributed by atoms with Crippen LogP contribution in [0.25, 0.3) is 0 Å². The normalized spacial score (nSPS) is 26.0. The minimum absolute atomic E-state index is 0.0791. The average molecular weight is 487 g/mol. The summed E-state index contributed by atoms with van der Waals surface area (Å²) in [6, 6.07) is 15.8. The fourth-order valence-electron chi connectivity index (χ4n) is 4.16. The molecule has 0 spiro atoms. The van der Waals surface area contributed by atoms with E-state index in [9.17, 15) is 0 Å². The molecule has 2 aromatic carbocycles. The number of nitrogens with zero attached hydrogens (tertiary/aromatic N) is 2.